The number of rotatable bonds is 5. The summed E-state index contributed by atoms with van der Waals surface area (Å²) < 4.78 is 5.21. The number of hydrogen-bond donors (Lipinski definition) is 1. The molecule has 3 heteroatoms. The molecule has 0 amide bonds. The van der Waals surface area contributed by atoms with E-state index in [4.69, 9.17) is 4.74 Å². The molecule has 98 valence electrons. The van der Waals surface area contributed by atoms with E-state index in [0.717, 1.165) is 38.3 Å². The first-order valence-electron chi connectivity index (χ1n) is 6.54. The van der Waals surface area contributed by atoms with Crippen molar-refractivity contribution >= 4 is 0 Å². The van der Waals surface area contributed by atoms with Crippen LogP contribution in [0.4, 0.5) is 0 Å². The molecule has 1 aliphatic heterocycles. The average Bonchev–Trinajstić information content (AvgIpc) is 2.46. The predicted octanol–water partition coefficient (Wildman–Crippen LogP) is 2.22. The number of benzene rings is 1. The molecule has 2 rings (SSSR count). The zero-order valence-electron chi connectivity index (χ0n) is 11.1. The first-order chi connectivity index (χ1) is 8.85. The second-order valence-corrected chi connectivity index (χ2v) is 4.60. The van der Waals surface area contributed by atoms with Gasteiger partial charge in [0.25, 0.3) is 0 Å². The first kappa shape index (κ1) is 13.1. The highest BCUT2D eigenvalue weighted by molar-refractivity contribution is 5.29. The Bertz CT molecular complexity index is 369. The fraction of sp³-hybridized carbons (Fsp3) is 0.467. The number of ether oxygens (including phenoxy) is 1. The molecular weight excluding hydrogens is 224 g/mol. The van der Waals surface area contributed by atoms with Crippen molar-refractivity contribution in [1.82, 2.24) is 10.2 Å². The molecule has 0 unspecified atom stereocenters. The Labute approximate surface area is 109 Å². The summed E-state index contributed by atoms with van der Waals surface area (Å²) in [5.41, 5.74) is 1.35. The van der Waals surface area contributed by atoms with Crippen LogP contribution in [0.3, 0.4) is 0 Å². The summed E-state index contributed by atoms with van der Waals surface area (Å²) in [6.45, 7) is 8.24. The van der Waals surface area contributed by atoms with Crippen molar-refractivity contribution in [3.8, 4) is 5.75 Å². The van der Waals surface area contributed by atoms with Crippen LogP contribution in [0.2, 0.25) is 0 Å². The molecule has 1 aliphatic rings. The quantitative estimate of drug-likeness (QED) is 0.806. The summed E-state index contributed by atoms with van der Waals surface area (Å²) in [5.74, 6) is 0.913. The lowest BCUT2D eigenvalue weighted by molar-refractivity contribution is 0.174. The van der Waals surface area contributed by atoms with Crippen LogP contribution in [0.25, 0.3) is 0 Å². The molecule has 0 saturated carbocycles. The van der Waals surface area contributed by atoms with Crippen molar-refractivity contribution in [1.29, 1.82) is 0 Å². The second-order valence-electron chi connectivity index (χ2n) is 4.60. The Kier molecular flexibility index (Phi) is 4.79. The maximum atomic E-state index is 5.21. The van der Waals surface area contributed by atoms with E-state index in [-0.39, 0.29) is 0 Å². The van der Waals surface area contributed by atoms with Gasteiger partial charge in [-0.3, -0.25) is 4.90 Å². The van der Waals surface area contributed by atoms with Gasteiger partial charge >= 0.3 is 0 Å². The second kappa shape index (κ2) is 6.57. The van der Waals surface area contributed by atoms with Crippen LogP contribution in [0.5, 0.6) is 5.75 Å². The van der Waals surface area contributed by atoms with Crippen LogP contribution in [-0.4, -0.2) is 38.2 Å². The summed E-state index contributed by atoms with van der Waals surface area (Å²) in [7, 11) is 1.70. The fourth-order valence-electron chi connectivity index (χ4n) is 2.47. The normalized spacial score (nSPS) is 18.3. The molecule has 1 saturated heterocycles. The highest BCUT2D eigenvalue weighted by Crippen LogP contribution is 2.26. The van der Waals surface area contributed by atoms with Gasteiger partial charge in [-0.1, -0.05) is 18.2 Å². The number of methoxy groups -OCH3 is 1. The third-order valence-electron chi connectivity index (χ3n) is 3.48. The van der Waals surface area contributed by atoms with E-state index in [9.17, 15) is 0 Å². The lowest BCUT2D eigenvalue weighted by atomic mass is 10.0. The van der Waals surface area contributed by atoms with E-state index in [1.165, 1.54) is 5.56 Å². The molecule has 0 spiro atoms. The van der Waals surface area contributed by atoms with Gasteiger partial charge in [-0.25, -0.2) is 0 Å². The molecule has 0 aliphatic carbocycles. The average molecular weight is 246 g/mol. The van der Waals surface area contributed by atoms with E-state index in [1.807, 2.05) is 18.2 Å². The standard InChI is InChI=1S/C15H22N2O/c1-3-4-15(17-11-9-16-10-12-17)13-5-7-14(18-2)8-6-13/h3,5-8,15-16H,1,4,9-12H2,2H3/t15-/m0/s1. The Morgan fingerprint density at radius 3 is 2.56 bits per heavy atom. The Hall–Kier alpha value is -1.32. The van der Waals surface area contributed by atoms with Gasteiger partial charge in [0, 0.05) is 32.2 Å². The Morgan fingerprint density at radius 2 is 2.00 bits per heavy atom. The van der Waals surface area contributed by atoms with E-state index in [2.05, 4.69) is 28.9 Å². The molecule has 0 aromatic heterocycles. The summed E-state index contributed by atoms with van der Waals surface area (Å²) >= 11 is 0. The number of piperazine rings is 1. The summed E-state index contributed by atoms with van der Waals surface area (Å²) in [5, 5.41) is 3.39. The first-order valence-corrected chi connectivity index (χ1v) is 6.54. The smallest absolute Gasteiger partial charge is 0.118 e. The summed E-state index contributed by atoms with van der Waals surface area (Å²) in [6.07, 6.45) is 3.00. The molecule has 1 aromatic carbocycles. The van der Waals surface area contributed by atoms with Crippen molar-refractivity contribution < 1.29 is 4.74 Å². The SMILES string of the molecule is C=CC[C@@H](c1ccc(OC)cc1)N1CCNCC1. The molecule has 1 aromatic rings. The molecule has 0 radical (unpaired) electrons. The Morgan fingerprint density at radius 1 is 1.33 bits per heavy atom. The van der Waals surface area contributed by atoms with Crippen molar-refractivity contribution in [3.05, 3.63) is 42.5 Å². The molecule has 1 fully saturated rings. The minimum absolute atomic E-state index is 0.440. The van der Waals surface area contributed by atoms with Gasteiger partial charge in [-0.15, -0.1) is 6.58 Å². The lowest BCUT2D eigenvalue weighted by Gasteiger charge is -2.34. The zero-order chi connectivity index (χ0) is 12.8. The number of hydrogen-bond acceptors (Lipinski definition) is 3. The fourth-order valence-corrected chi connectivity index (χ4v) is 2.47. The topological polar surface area (TPSA) is 24.5 Å². The molecule has 3 nitrogen and oxygen atoms in total. The third kappa shape index (κ3) is 3.12. The van der Waals surface area contributed by atoms with Crippen LogP contribution in [0.1, 0.15) is 18.0 Å². The van der Waals surface area contributed by atoms with Crippen LogP contribution in [-0.2, 0) is 0 Å². The highest BCUT2D eigenvalue weighted by Gasteiger charge is 2.20. The van der Waals surface area contributed by atoms with Gasteiger partial charge in [0.1, 0.15) is 5.75 Å². The van der Waals surface area contributed by atoms with E-state index < -0.39 is 0 Å². The van der Waals surface area contributed by atoms with Crippen molar-refractivity contribution in [2.75, 3.05) is 33.3 Å². The highest BCUT2D eigenvalue weighted by atomic mass is 16.5. The zero-order valence-corrected chi connectivity index (χ0v) is 11.1. The number of nitrogens with one attached hydrogen (secondary N) is 1. The van der Waals surface area contributed by atoms with Gasteiger partial charge in [-0.05, 0) is 24.1 Å². The molecular formula is C15H22N2O. The minimum atomic E-state index is 0.440. The van der Waals surface area contributed by atoms with Gasteiger partial charge in [0.05, 0.1) is 7.11 Å². The van der Waals surface area contributed by atoms with Gasteiger partial charge < -0.3 is 10.1 Å². The van der Waals surface area contributed by atoms with Crippen molar-refractivity contribution in [2.45, 2.75) is 12.5 Å². The van der Waals surface area contributed by atoms with Gasteiger partial charge in [-0.2, -0.15) is 0 Å². The largest absolute Gasteiger partial charge is 0.497 e. The van der Waals surface area contributed by atoms with E-state index >= 15 is 0 Å². The van der Waals surface area contributed by atoms with E-state index in [1.54, 1.807) is 7.11 Å². The monoisotopic (exact) mass is 246 g/mol. The Balaban J connectivity index is 2.13. The van der Waals surface area contributed by atoms with Crippen LogP contribution in [0.15, 0.2) is 36.9 Å². The van der Waals surface area contributed by atoms with Crippen molar-refractivity contribution in [3.63, 3.8) is 0 Å². The van der Waals surface area contributed by atoms with Crippen molar-refractivity contribution in [2.24, 2.45) is 0 Å². The third-order valence-corrected chi connectivity index (χ3v) is 3.48. The van der Waals surface area contributed by atoms with Gasteiger partial charge in [0.15, 0.2) is 0 Å². The lowest BCUT2D eigenvalue weighted by Crippen LogP contribution is -2.45. The maximum absolute atomic E-state index is 5.21. The molecule has 1 atom stereocenters. The summed E-state index contributed by atoms with van der Waals surface area (Å²) in [6, 6.07) is 8.83. The minimum Gasteiger partial charge on any atom is -0.497 e. The molecule has 18 heavy (non-hydrogen) atoms. The van der Waals surface area contributed by atoms with Crippen LogP contribution < -0.4 is 10.1 Å². The molecule has 1 N–H and O–H groups in total. The van der Waals surface area contributed by atoms with E-state index in [0.29, 0.717) is 6.04 Å². The predicted molar refractivity (Wildman–Crippen MR) is 75.0 cm³/mol. The van der Waals surface area contributed by atoms with Gasteiger partial charge in [0.2, 0.25) is 0 Å². The van der Waals surface area contributed by atoms with Crippen LogP contribution >= 0.6 is 0 Å². The number of nitrogens with zero attached hydrogens (tertiary/aromatic N) is 1. The molecule has 0 bridgehead atoms. The molecule has 1 heterocycles. The maximum Gasteiger partial charge on any atom is 0.118 e. The van der Waals surface area contributed by atoms with Crippen LogP contribution in [0, 0.1) is 0 Å². The summed E-state index contributed by atoms with van der Waals surface area (Å²) in [4.78, 5) is 2.53.